The number of aromatic carboxylic acids is 1. The fourth-order valence-electron chi connectivity index (χ4n) is 1.35. The van der Waals surface area contributed by atoms with Crippen molar-refractivity contribution in [1.29, 1.82) is 0 Å². The Morgan fingerprint density at radius 3 is 2.57 bits per heavy atom. The van der Waals surface area contributed by atoms with Crippen molar-refractivity contribution < 1.29 is 32.5 Å². The van der Waals surface area contributed by atoms with E-state index in [1.54, 1.807) is 0 Å². The number of ether oxygens (including phenoxy) is 2. The van der Waals surface area contributed by atoms with Crippen LogP contribution in [0.25, 0.3) is 0 Å². The van der Waals surface area contributed by atoms with E-state index >= 15 is 0 Å². The maximum atomic E-state index is 12.4. The Kier molecular flexibility index (Phi) is 3.98. The van der Waals surface area contributed by atoms with Gasteiger partial charge in [0.05, 0.1) is 7.11 Å². The van der Waals surface area contributed by atoms with Crippen LogP contribution >= 0.6 is 11.3 Å². The minimum absolute atomic E-state index is 0.165. The van der Waals surface area contributed by atoms with Gasteiger partial charge in [0.15, 0.2) is 0 Å². The van der Waals surface area contributed by atoms with Crippen molar-refractivity contribution >= 4 is 17.3 Å². The molecule has 2 rings (SSSR count). The van der Waals surface area contributed by atoms with Crippen LogP contribution in [-0.2, 0) is 6.18 Å². The predicted octanol–water partition coefficient (Wildman–Crippen LogP) is 3.06. The number of aromatic nitrogens is 2. The van der Waals surface area contributed by atoms with Crippen LogP contribution in [0.1, 0.15) is 15.4 Å². The Labute approximate surface area is 119 Å². The van der Waals surface area contributed by atoms with Crippen LogP contribution in [0.2, 0.25) is 0 Å². The van der Waals surface area contributed by atoms with Crippen LogP contribution in [-0.4, -0.2) is 28.4 Å². The van der Waals surface area contributed by atoms with E-state index in [1.807, 2.05) is 0 Å². The first-order valence-corrected chi connectivity index (χ1v) is 6.13. The van der Waals surface area contributed by atoms with Crippen molar-refractivity contribution in [1.82, 2.24) is 10.2 Å². The Morgan fingerprint density at radius 2 is 2.05 bits per heavy atom. The van der Waals surface area contributed by atoms with Crippen LogP contribution in [0.4, 0.5) is 13.2 Å². The lowest BCUT2D eigenvalue weighted by Gasteiger charge is -2.07. The molecule has 0 aliphatic rings. The summed E-state index contributed by atoms with van der Waals surface area (Å²) in [6.45, 7) is 0. The Bertz CT molecular complexity index is 672. The lowest BCUT2D eigenvalue weighted by Crippen LogP contribution is -2.03. The maximum Gasteiger partial charge on any atom is 0.445 e. The second-order valence-electron chi connectivity index (χ2n) is 3.64. The lowest BCUT2D eigenvalue weighted by atomic mass is 10.2. The third-order valence-corrected chi connectivity index (χ3v) is 3.11. The van der Waals surface area contributed by atoms with Gasteiger partial charge in [0, 0.05) is 6.07 Å². The number of carbonyl (C=O) groups is 1. The molecule has 10 heteroatoms. The SMILES string of the molecule is COc1ccc(C(=O)O)c(Oc2nnc(C(F)(F)F)s2)c1. The molecule has 0 radical (unpaired) electrons. The number of nitrogens with zero attached hydrogens (tertiary/aromatic N) is 2. The van der Waals surface area contributed by atoms with Crippen molar-refractivity contribution in [3.63, 3.8) is 0 Å². The van der Waals surface area contributed by atoms with Crippen molar-refractivity contribution in [3.05, 3.63) is 28.8 Å². The molecule has 0 aliphatic heterocycles. The highest BCUT2D eigenvalue weighted by Gasteiger charge is 2.36. The molecule has 6 nitrogen and oxygen atoms in total. The quantitative estimate of drug-likeness (QED) is 0.932. The summed E-state index contributed by atoms with van der Waals surface area (Å²) in [5.41, 5.74) is -0.237. The molecule has 1 N–H and O–H groups in total. The molecular weight excluding hydrogens is 313 g/mol. The van der Waals surface area contributed by atoms with E-state index in [4.69, 9.17) is 14.6 Å². The number of hydrogen-bond acceptors (Lipinski definition) is 6. The molecule has 1 aromatic heterocycles. The number of hydrogen-bond donors (Lipinski definition) is 1. The fraction of sp³-hybridized carbons (Fsp3) is 0.182. The van der Waals surface area contributed by atoms with E-state index < -0.39 is 22.3 Å². The number of halogens is 3. The van der Waals surface area contributed by atoms with Crippen LogP contribution in [0.3, 0.4) is 0 Å². The third-order valence-electron chi connectivity index (χ3n) is 2.27. The first-order chi connectivity index (χ1) is 9.81. The van der Waals surface area contributed by atoms with E-state index in [2.05, 4.69) is 10.2 Å². The minimum atomic E-state index is -4.64. The number of benzene rings is 1. The highest BCUT2D eigenvalue weighted by Crippen LogP contribution is 2.36. The van der Waals surface area contributed by atoms with Gasteiger partial charge in [0.25, 0.3) is 5.19 Å². The number of carboxylic acids is 1. The van der Waals surface area contributed by atoms with Gasteiger partial charge in [-0.3, -0.25) is 0 Å². The predicted molar refractivity (Wildman–Crippen MR) is 64.9 cm³/mol. The van der Waals surface area contributed by atoms with Crippen LogP contribution in [0.15, 0.2) is 18.2 Å². The summed E-state index contributed by atoms with van der Waals surface area (Å²) in [7, 11) is 1.35. The zero-order valence-electron chi connectivity index (χ0n) is 10.3. The van der Waals surface area contributed by atoms with Crippen molar-refractivity contribution in [3.8, 4) is 16.7 Å². The molecular formula is C11H7F3N2O4S. The molecule has 0 spiro atoms. The molecule has 2 aromatic rings. The fourth-order valence-corrected chi connectivity index (χ4v) is 1.93. The Balaban J connectivity index is 2.34. The first-order valence-electron chi connectivity index (χ1n) is 5.31. The summed E-state index contributed by atoms with van der Waals surface area (Å²) in [5.74, 6) is -1.20. The zero-order chi connectivity index (χ0) is 15.6. The first kappa shape index (κ1) is 15.0. The van der Waals surface area contributed by atoms with Crippen molar-refractivity contribution in [2.45, 2.75) is 6.18 Å². The molecule has 0 aliphatic carbocycles. The summed E-state index contributed by atoms with van der Waals surface area (Å²) in [4.78, 5) is 11.0. The van der Waals surface area contributed by atoms with Crippen molar-refractivity contribution in [2.24, 2.45) is 0 Å². The number of alkyl halides is 3. The third kappa shape index (κ3) is 3.40. The smallest absolute Gasteiger partial charge is 0.445 e. The molecule has 0 saturated carbocycles. The Hall–Kier alpha value is -2.36. The van der Waals surface area contributed by atoms with Gasteiger partial charge in [0.1, 0.15) is 17.1 Å². The summed E-state index contributed by atoms with van der Waals surface area (Å²) < 4.78 is 47.2. The summed E-state index contributed by atoms with van der Waals surface area (Å²) in [6, 6.07) is 3.83. The molecule has 0 atom stereocenters. The monoisotopic (exact) mass is 320 g/mol. The van der Waals surface area contributed by atoms with E-state index in [9.17, 15) is 18.0 Å². The molecule has 112 valence electrons. The van der Waals surface area contributed by atoms with Gasteiger partial charge in [-0.2, -0.15) is 13.2 Å². The topological polar surface area (TPSA) is 81.5 Å². The van der Waals surface area contributed by atoms with Gasteiger partial charge in [-0.1, -0.05) is 16.4 Å². The van der Waals surface area contributed by atoms with Crippen LogP contribution in [0.5, 0.6) is 16.7 Å². The van der Waals surface area contributed by atoms with E-state index in [0.29, 0.717) is 0 Å². The van der Waals surface area contributed by atoms with Crippen LogP contribution in [0, 0.1) is 0 Å². The molecule has 1 aromatic carbocycles. The van der Waals surface area contributed by atoms with E-state index in [-0.39, 0.29) is 28.4 Å². The van der Waals surface area contributed by atoms with E-state index in [0.717, 1.165) is 0 Å². The molecule has 0 saturated heterocycles. The standard InChI is InChI=1S/C11H7F3N2O4S/c1-19-5-2-3-6(8(17)18)7(4-5)20-10-16-15-9(21-10)11(12,13)14/h2-4H,1H3,(H,17,18). The molecule has 0 bridgehead atoms. The highest BCUT2D eigenvalue weighted by molar-refractivity contribution is 7.13. The van der Waals surface area contributed by atoms with Gasteiger partial charge >= 0.3 is 12.1 Å². The van der Waals surface area contributed by atoms with Gasteiger partial charge in [0.2, 0.25) is 5.01 Å². The maximum absolute atomic E-state index is 12.4. The molecule has 0 unspecified atom stereocenters. The van der Waals surface area contributed by atoms with Gasteiger partial charge in [-0.25, -0.2) is 4.79 Å². The normalized spacial score (nSPS) is 11.2. The molecule has 0 amide bonds. The number of carboxylic acid groups (broad SMARTS) is 1. The van der Waals surface area contributed by atoms with Crippen LogP contribution < -0.4 is 9.47 Å². The summed E-state index contributed by atoms with van der Waals surface area (Å²) >= 11 is 0.165. The lowest BCUT2D eigenvalue weighted by molar-refractivity contribution is -0.138. The second-order valence-corrected chi connectivity index (χ2v) is 4.58. The molecule has 1 heterocycles. The summed E-state index contributed by atoms with van der Waals surface area (Å²) in [5, 5.41) is 13.6. The summed E-state index contributed by atoms with van der Waals surface area (Å²) in [6.07, 6.45) is -4.64. The Morgan fingerprint density at radius 1 is 1.33 bits per heavy atom. The van der Waals surface area contributed by atoms with E-state index in [1.165, 1.54) is 25.3 Å². The zero-order valence-corrected chi connectivity index (χ0v) is 11.2. The molecule has 0 fully saturated rings. The number of methoxy groups -OCH3 is 1. The average molecular weight is 320 g/mol. The second kappa shape index (κ2) is 5.56. The van der Waals surface area contributed by atoms with Crippen molar-refractivity contribution in [2.75, 3.05) is 7.11 Å². The minimum Gasteiger partial charge on any atom is -0.497 e. The van der Waals surface area contributed by atoms with Gasteiger partial charge < -0.3 is 14.6 Å². The number of rotatable bonds is 4. The average Bonchev–Trinajstić information content (AvgIpc) is 2.86. The van der Waals surface area contributed by atoms with Gasteiger partial charge in [-0.05, 0) is 12.1 Å². The van der Waals surface area contributed by atoms with Gasteiger partial charge in [-0.15, -0.1) is 5.10 Å². The molecule has 21 heavy (non-hydrogen) atoms. The highest BCUT2D eigenvalue weighted by atomic mass is 32.1. The largest absolute Gasteiger partial charge is 0.497 e.